The molecule has 21 heavy (non-hydrogen) atoms. The van der Waals surface area contributed by atoms with E-state index < -0.39 is 16.9 Å². The van der Waals surface area contributed by atoms with Crippen molar-refractivity contribution in [1.29, 1.82) is 0 Å². The molecule has 0 radical (unpaired) electrons. The van der Waals surface area contributed by atoms with Gasteiger partial charge >= 0.3 is 5.97 Å². The van der Waals surface area contributed by atoms with E-state index >= 15 is 0 Å². The van der Waals surface area contributed by atoms with Crippen LogP contribution in [0.2, 0.25) is 0 Å². The maximum Gasteiger partial charge on any atom is 0.311 e. The SMILES string of the molecule is CC(C)(NC(=O)c1ccc2nc[nH]c2c1)C(C)(C)C(=O)O. The van der Waals surface area contributed by atoms with E-state index in [4.69, 9.17) is 0 Å². The van der Waals surface area contributed by atoms with Gasteiger partial charge in [0, 0.05) is 5.56 Å². The monoisotopic (exact) mass is 289 g/mol. The van der Waals surface area contributed by atoms with E-state index in [0.717, 1.165) is 11.0 Å². The van der Waals surface area contributed by atoms with Crippen molar-refractivity contribution in [2.45, 2.75) is 33.2 Å². The number of hydrogen-bond acceptors (Lipinski definition) is 3. The summed E-state index contributed by atoms with van der Waals surface area (Å²) in [4.78, 5) is 30.8. The average molecular weight is 289 g/mol. The van der Waals surface area contributed by atoms with Gasteiger partial charge in [-0.3, -0.25) is 9.59 Å². The van der Waals surface area contributed by atoms with Gasteiger partial charge in [0.05, 0.1) is 28.3 Å². The zero-order chi connectivity index (χ0) is 15.8. The summed E-state index contributed by atoms with van der Waals surface area (Å²) < 4.78 is 0. The highest BCUT2D eigenvalue weighted by molar-refractivity contribution is 5.98. The lowest BCUT2D eigenvalue weighted by molar-refractivity contribution is -0.150. The molecule has 0 aliphatic rings. The minimum Gasteiger partial charge on any atom is -0.481 e. The van der Waals surface area contributed by atoms with E-state index in [-0.39, 0.29) is 5.91 Å². The molecule has 2 aromatic rings. The maximum absolute atomic E-state index is 12.4. The third-order valence-corrected chi connectivity index (χ3v) is 4.21. The van der Waals surface area contributed by atoms with Crippen LogP contribution in [0.1, 0.15) is 38.1 Å². The van der Waals surface area contributed by atoms with Crippen molar-refractivity contribution in [2.75, 3.05) is 0 Å². The molecule has 1 amide bonds. The van der Waals surface area contributed by atoms with Crippen LogP contribution in [0, 0.1) is 5.41 Å². The van der Waals surface area contributed by atoms with Crippen molar-refractivity contribution in [3.8, 4) is 0 Å². The minimum atomic E-state index is -1.10. The van der Waals surface area contributed by atoms with Crippen molar-refractivity contribution in [3.05, 3.63) is 30.1 Å². The second-order valence-corrected chi connectivity index (χ2v) is 6.14. The second-order valence-electron chi connectivity index (χ2n) is 6.14. The number of benzene rings is 1. The first-order chi connectivity index (χ1) is 9.65. The predicted molar refractivity (Wildman–Crippen MR) is 79.1 cm³/mol. The van der Waals surface area contributed by atoms with E-state index in [1.165, 1.54) is 0 Å². The van der Waals surface area contributed by atoms with Crippen LogP contribution in [0.25, 0.3) is 11.0 Å². The van der Waals surface area contributed by atoms with Crippen LogP contribution in [0.5, 0.6) is 0 Å². The zero-order valence-electron chi connectivity index (χ0n) is 12.5. The standard InChI is InChI=1S/C15H19N3O3/c1-14(2,13(20)21)15(3,4)18-12(19)9-5-6-10-11(7-9)17-8-16-10/h5-8H,1-4H3,(H,16,17)(H,18,19)(H,20,21). The number of amides is 1. The summed E-state index contributed by atoms with van der Waals surface area (Å²) in [6, 6.07) is 5.11. The van der Waals surface area contributed by atoms with E-state index in [2.05, 4.69) is 15.3 Å². The smallest absolute Gasteiger partial charge is 0.311 e. The molecule has 6 nitrogen and oxygen atoms in total. The van der Waals surface area contributed by atoms with E-state index in [1.807, 2.05) is 0 Å². The summed E-state index contributed by atoms with van der Waals surface area (Å²) in [6.45, 7) is 6.59. The van der Waals surface area contributed by atoms with Crippen LogP contribution in [0.15, 0.2) is 24.5 Å². The highest BCUT2D eigenvalue weighted by Crippen LogP contribution is 2.31. The number of aliphatic carboxylic acids is 1. The number of H-pyrrole nitrogens is 1. The number of imidazole rings is 1. The quantitative estimate of drug-likeness (QED) is 0.804. The fourth-order valence-electron chi connectivity index (χ4n) is 1.86. The van der Waals surface area contributed by atoms with Gasteiger partial charge in [-0.1, -0.05) is 0 Å². The number of nitrogens with zero attached hydrogens (tertiary/aromatic N) is 1. The molecule has 0 aliphatic heterocycles. The molecule has 0 atom stereocenters. The lowest BCUT2D eigenvalue weighted by Gasteiger charge is -2.38. The first kappa shape index (κ1) is 15.0. The zero-order valence-corrected chi connectivity index (χ0v) is 12.5. The van der Waals surface area contributed by atoms with Crippen LogP contribution < -0.4 is 5.32 Å². The molecule has 0 saturated carbocycles. The van der Waals surface area contributed by atoms with Crippen LogP contribution in [0.4, 0.5) is 0 Å². The number of aromatic amines is 1. The Hall–Kier alpha value is -2.37. The van der Waals surface area contributed by atoms with Crippen LogP contribution in [-0.2, 0) is 4.79 Å². The topological polar surface area (TPSA) is 95.1 Å². The van der Waals surface area contributed by atoms with Crippen molar-refractivity contribution < 1.29 is 14.7 Å². The number of aromatic nitrogens is 2. The third-order valence-electron chi connectivity index (χ3n) is 4.21. The number of rotatable bonds is 4. The summed E-state index contributed by atoms with van der Waals surface area (Å²) in [5, 5.41) is 12.1. The molecule has 1 aromatic heterocycles. The number of carboxylic acids is 1. The number of carbonyl (C=O) groups excluding carboxylic acids is 1. The molecule has 0 unspecified atom stereocenters. The molecule has 0 saturated heterocycles. The van der Waals surface area contributed by atoms with E-state index in [9.17, 15) is 14.7 Å². The fraction of sp³-hybridized carbons (Fsp3) is 0.400. The van der Waals surface area contributed by atoms with Gasteiger partial charge in [-0.15, -0.1) is 0 Å². The molecule has 3 N–H and O–H groups in total. The molecule has 0 spiro atoms. The Bertz CT molecular complexity index is 701. The predicted octanol–water partition coefficient (Wildman–Crippen LogP) is 2.18. The van der Waals surface area contributed by atoms with Gasteiger partial charge in [-0.2, -0.15) is 0 Å². The third kappa shape index (κ3) is 2.61. The summed E-state index contributed by atoms with van der Waals surface area (Å²) in [7, 11) is 0. The Morgan fingerprint density at radius 1 is 1.24 bits per heavy atom. The summed E-state index contributed by atoms with van der Waals surface area (Å²) in [5.41, 5.74) is -0.00443. The molecule has 0 bridgehead atoms. The van der Waals surface area contributed by atoms with E-state index in [0.29, 0.717) is 5.56 Å². The van der Waals surface area contributed by atoms with Crippen LogP contribution >= 0.6 is 0 Å². The number of nitrogens with one attached hydrogen (secondary N) is 2. The molecule has 2 rings (SSSR count). The molecule has 1 heterocycles. The second kappa shape index (κ2) is 4.87. The molecule has 112 valence electrons. The van der Waals surface area contributed by atoms with Gasteiger partial charge < -0.3 is 15.4 Å². The molecular formula is C15H19N3O3. The van der Waals surface area contributed by atoms with Gasteiger partial charge in [0.15, 0.2) is 0 Å². The largest absolute Gasteiger partial charge is 0.481 e. The van der Waals surface area contributed by atoms with Crippen LogP contribution in [-0.4, -0.2) is 32.5 Å². The van der Waals surface area contributed by atoms with Gasteiger partial charge in [-0.05, 0) is 45.9 Å². The Kier molecular flexibility index (Phi) is 3.49. The number of hydrogen-bond donors (Lipinski definition) is 3. The number of fused-ring (bicyclic) bond motifs is 1. The fourth-order valence-corrected chi connectivity index (χ4v) is 1.86. The van der Waals surface area contributed by atoms with Crippen molar-refractivity contribution in [3.63, 3.8) is 0 Å². The van der Waals surface area contributed by atoms with Gasteiger partial charge in [0.2, 0.25) is 0 Å². The lowest BCUT2D eigenvalue weighted by Crippen LogP contribution is -2.56. The normalized spacial score (nSPS) is 12.4. The highest BCUT2D eigenvalue weighted by Gasteiger charge is 2.44. The van der Waals surface area contributed by atoms with Crippen molar-refractivity contribution in [1.82, 2.24) is 15.3 Å². The molecule has 6 heteroatoms. The Balaban J connectivity index is 2.26. The lowest BCUT2D eigenvalue weighted by atomic mass is 9.74. The van der Waals surface area contributed by atoms with Gasteiger partial charge in [-0.25, -0.2) is 4.98 Å². The summed E-state index contributed by atoms with van der Waals surface area (Å²) in [6.07, 6.45) is 1.56. The molecule has 0 fully saturated rings. The Morgan fingerprint density at radius 2 is 1.90 bits per heavy atom. The van der Waals surface area contributed by atoms with Gasteiger partial charge in [0.25, 0.3) is 5.91 Å². The number of carbonyl (C=O) groups is 2. The van der Waals surface area contributed by atoms with Gasteiger partial charge in [0.1, 0.15) is 0 Å². The van der Waals surface area contributed by atoms with Crippen molar-refractivity contribution in [2.24, 2.45) is 5.41 Å². The highest BCUT2D eigenvalue weighted by atomic mass is 16.4. The average Bonchev–Trinajstić information content (AvgIpc) is 2.84. The Labute approximate surface area is 122 Å². The van der Waals surface area contributed by atoms with Crippen molar-refractivity contribution >= 4 is 22.9 Å². The molecular weight excluding hydrogens is 270 g/mol. The van der Waals surface area contributed by atoms with E-state index in [1.54, 1.807) is 52.2 Å². The molecule has 0 aliphatic carbocycles. The van der Waals surface area contributed by atoms with Crippen LogP contribution in [0.3, 0.4) is 0 Å². The number of carboxylic acid groups (broad SMARTS) is 1. The summed E-state index contributed by atoms with van der Waals surface area (Å²) >= 11 is 0. The maximum atomic E-state index is 12.4. The minimum absolute atomic E-state index is 0.314. The Morgan fingerprint density at radius 3 is 2.52 bits per heavy atom. The summed E-state index contributed by atoms with van der Waals surface area (Å²) in [5.74, 6) is -1.28. The molecule has 1 aromatic carbocycles. The first-order valence-corrected chi connectivity index (χ1v) is 6.64. The first-order valence-electron chi connectivity index (χ1n) is 6.64.